The van der Waals surface area contributed by atoms with Crippen LogP contribution in [0, 0.1) is 5.92 Å². The van der Waals surface area contributed by atoms with Crippen LogP contribution in [-0.4, -0.2) is 11.7 Å². The molecule has 2 aromatic carbocycles. The van der Waals surface area contributed by atoms with Crippen LogP contribution in [-0.2, 0) is 12.6 Å². The average Bonchev–Trinajstić information content (AvgIpc) is 2.86. The maximum Gasteiger partial charge on any atom is 0.416 e. The lowest BCUT2D eigenvalue weighted by Crippen LogP contribution is -2.33. The number of nitrogens with zero attached hydrogens (tertiary/aromatic N) is 2. The first-order valence-electron chi connectivity index (χ1n) is 7.81. The first kappa shape index (κ1) is 18.3. The number of benzene rings is 2. The van der Waals surface area contributed by atoms with Crippen molar-refractivity contribution in [3.63, 3.8) is 0 Å². The molecule has 1 atom stereocenters. The van der Waals surface area contributed by atoms with E-state index in [4.69, 9.17) is 17.3 Å². The molecular formula is C18H15ClF3N3O. The highest BCUT2D eigenvalue weighted by Crippen LogP contribution is 2.32. The molecule has 0 fully saturated rings. The molecule has 1 aliphatic carbocycles. The van der Waals surface area contributed by atoms with Crippen molar-refractivity contribution in [3.8, 4) is 0 Å². The van der Waals surface area contributed by atoms with Crippen molar-refractivity contribution in [2.75, 3.05) is 5.01 Å². The zero-order valence-corrected chi connectivity index (χ0v) is 14.5. The van der Waals surface area contributed by atoms with Crippen LogP contribution in [0.4, 0.5) is 23.7 Å². The number of hydrazone groups is 1. The maximum atomic E-state index is 12.7. The van der Waals surface area contributed by atoms with Crippen LogP contribution in [0.25, 0.3) is 0 Å². The molecule has 136 valence electrons. The molecule has 8 heteroatoms. The highest BCUT2D eigenvalue weighted by atomic mass is 35.5. The Morgan fingerprint density at radius 2 is 1.88 bits per heavy atom. The Morgan fingerprint density at radius 1 is 1.23 bits per heavy atom. The number of fused-ring (bicyclic) bond motifs is 1. The Labute approximate surface area is 153 Å². The third-order valence-corrected chi connectivity index (χ3v) is 4.43. The second-order valence-electron chi connectivity index (χ2n) is 6.09. The third kappa shape index (κ3) is 3.53. The first-order chi connectivity index (χ1) is 12.2. The van der Waals surface area contributed by atoms with E-state index in [1.165, 1.54) is 12.1 Å². The van der Waals surface area contributed by atoms with Crippen LogP contribution < -0.4 is 10.7 Å². The summed E-state index contributed by atoms with van der Waals surface area (Å²) in [7, 11) is 0. The Kier molecular flexibility index (Phi) is 4.66. The van der Waals surface area contributed by atoms with Crippen LogP contribution in [0.15, 0.2) is 47.6 Å². The topological polar surface area (TPSA) is 58.7 Å². The molecule has 0 aliphatic heterocycles. The van der Waals surface area contributed by atoms with Gasteiger partial charge in [-0.3, -0.25) is 0 Å². The van der Waals surface area contributed by atoms with Gasteiger partial charge in [0, 0.05) is 16.5 Å². The molecule has 0 radical (unpaired) electrons. The lowest BCUT2D eigenvalue weighted by molar-refractivity contribution is -0.137. The molecule has 26 heavy (non-hydrogen) atoms. The lowest BCUT2D eigenvalue weighted by Gasteiger charge is -2.18. The standard InChI is InChI=1S/C18H15ClF3N3O/c1-10-8-11-9-13(19)4-7-15(11)16(10)24-25(17(23)26)14-5-2-12(3-6-14)18(20,21)22/h2-7,9-10H,8H2,1H3,(H2,23,26)/b24-16+. The van der Waals surface area contributed by atoms with Gasteiger partial charge in [-0.05, 0) is 48.4 Å². The number of primary amides is 1. The van der Waals surface area contributed by atoms with Crippen molar-refractivity contribution in [3.05, 3.63) is 64.2 Å². The van der Waals surface area contributed by atoms with Gasteiger partial charge < -0.3 is 5.73 Å². The lowest BCUT2D eigenvalue weighted by atomic mass is 10.1. The van der Waals surface area contributed by atoms with Gasteiger partial charge in [0.1, 0.15) is 0 Å². The van der Waals surface area contributed by atoms with Crippen LogP contribution >= 0.6 is 11.6 Å². The van der Waals surface area contributed by atoms with Gasteiger partial charge >= 0.3 is 12.2 Å². The van der Waals surface area contributed by atoms with Gasteiger partial charge in [0.15, 0.2) is 0 Å². The van der Waals surface area contributed by atoms with Crippen LogP contribution in [0.5, 0.6) is 0 Å². The van der Waals surface area contributed by atoms with Gasteiger partial charge in [-0.2, -0.15) is 23.3 Å². The SMILES string of the molecule is CC1Cc2cc(Cl)ccc2/C1=N/N(C(N)=O)c1ccc(C(F)(F)F)cc1. The summed E-state index contributed by atoms with van der Waals surface area (Å²) in [5.74, 6) is 0.0137. The van der Waals surface area contributed by atoms with E-state index in [-0.39, 0.29) is 11.6 Å². The number of alkyl halides is 3. The molecule has 3 rings (SSSR count). The fraction of sp³-hybridized carbons (Fsp3) is 0.222. The molecular weight excluding hydrogens is 367 g/mol. The summed E-state index contributed by atoms with van der Waals surface area (Å²) in [6.07, 6.45) is -3.76. The number of nitrogens with two attached hydrogens (primary N) is 1. The molecule has 1 unspecified atom stereocenters. The molecule has 0 saturated heterocycles. The number of halogens is 4. The molecule has 2 N–H and O–H groups in total. The van der Waals surface area contributed by atoms with E-state index in [0.29, 0.717) is 17.2 Å². The molecule has 0 saturated carbocycles. The van der Waals surface area contributed by atoms with Crippen molar-refractivity contribution in [2.24, 2.45) is 16.8 Å². The van der Waals surface area contributed by atoms with Gasteiger partial charge in [-0.1, -0.05) is 24.6 Å². The fourth-order valence-corrected chi connectivity index (χ4v) is 3.15. The Morgan fingerprint density at radius 3 is 2.46 bits per heavy atom. The summed E-state index contributed by atoms with van der Waals surface area (Å²) in [5.41, 5.74) is 7.23. The number of anilines is 1. The van der Waals surface area contributed by atoms with E-state index in [0.717, 1.165) is 28.3 Å². The smallest absolute Gasteiger partial charge is 0.350 e. The average molecular weight is 382 g/mol. The van der Waals surface area contributed by atoms with Crippen molar-refractivity contribution in [2.45, 2.75) is 19.5 Å². The van der Waals surface area contributed by atoms with E-state index in [9.17, 15) is 18.0 Å². The Hall–Kier alpha value is -2.54. The zero-order valence-electron chi connectivity index (χ0n) is 13.7. The summed E-state index contributed by atoms with van der Waals surface area (Å²) in [4.78, 5) is 11.8. The number of rotatable bonds is 2. The minimum atomic E-state index is -4.46. The summed E-state index contributed by atoms with van der Waals surface area (Å²) in [6.45, 7) is 1.94. The summed E-state index contributed by atoms with van der Waals surface area (Å²) in [5, 5.41) is 5.86. The van der Waals surface area contributed by atoms with E-state index in [2.05, 4.69) is 5.10 Å². The molecule has 4 nitrogen and oxygen atoms in total. The Balaban J connectivity index is 2.00. The first-order valence-corrected chi connectivity index (χ1v) is 8.18. The van der Waals surface area contributed by atoms with Crippen molar-refractivity contribution >= 4 is 29.0 Å². The molecule has 1 aliphatic rings. The monoisotopic (exact) mass is 381 g/mol. The third-order valence-electron chi connectivity index (χ3n) is 4.19. The molecule has 0 spiro atoms. The highest BCUT2D eigenvalue weighted by Gasteiger charge is 2.31. The molecule has 2 amide bonds. The minimum absolute atomic E-state index is 0.0137. The number of amides is 2. The van der Waals surface area contributed by atoms with Crippen molar-refractivity contribution in [1.82, 2.24) is 0 Å². The van der Waals surface area contributed by atoms with Crippen molar-refractivity contribution in [1.29, 1.82) is 0 Å². The molecule has 0 aromatic heterocycles. The number of carbonyl (C=O) groups excluding carboxylic acids is 1. The number of hydrogen-bond acceptors (Lipinski definition) is 2. The van der Waals surface area contributed by atoms with E-state index in [1.54, 1.807) is 6.07 Å². The van der Waals surface area contributed by atoms with Crippen LogP contribution in [0.2, 0.25) is 5.02 Å². The predicted molar refractivity (Wildman–Crippen MR) is 94.4 cm³/mol. The highest BCUT2D eigenvalue weighted by molar-refractivity contribution is 6.30. The van der Waals surface area contributed by atoms with Gasteiger partial charge in [-0.15, -0.1) is 0 Å². The summed E-state index contributed by atoms with van der Waals surface area (Å²) in [6, 6.07) is 8.59. The van der Waals surface area contributed by atoms with E-state index in [1.807, 2.05) is 19.1 Å². The van der Waals surface area contributed by atoms with Crippen LogP contribution in [0.1, 0.15) is 23.6 Å². The summed E-state index contributed by atoms with van der Waals surface area (Å²) >= 11 is 6.01. The van der Waals surface area contributed by atoms with Gasteiger partial charge in [0.25, 0.3) is 0 Å². The minimum Gasteiger partial charge on any atom is -0.350 e. The second kappa shape index (κ2) is 6.64. The number of carbonyl (C=O) groups is 1. The van der Waals surface area contributed by atoms with Gasteiger partial charge in [-0.25, -0.2) is 4.79 Å². The molecule has 0 bridgehead atoms. The molecule has 0 heterocycles. The van der Waals surface area contributed by atoms with E-state index < -0.39 is 17.8 Å². The van der Waals surface area contributed by atoms with Crippen molar-refractivity contribution < 1.29 is 18.0 Å². The quantitative estimate of drug-likeness (QED) is 0.743. The maximum absolute atomic E-state index is 12.7. The Bertz CT molecular complexity index is 878. The van der Waals surface area contributed by atoms with Gasteiger partial charge in [0.2, 0.25) is 0 Å². The van der Waals surface area contributed by atoms with Gasteiger partial charge in [0.05, 0.1) is 17.0 Å². The fourth-order valence-electron chi connectivity index (χ4n) is 2.96. The van der Waals surface area contributed by atoms with E-state index >= 15 is 0 Å². The zero-order chi connectivity index (χ0) is 19.1. The van der Waals surface area contributed by atoms with Crippen LogP contribution in [0.3, 0.4) is 0 Å². The largest absolute Gasteiger partial charge is 0.416 e. The summed E-state index contributed by atoms with van der Waals surface area (Å²) < 4.78 is 38.1. The number of hydrogen-bond donors (Lipinski definition) is 1. The normalized spacial score (nSPS) is 18.0. The number of urea groups is 1. The predicted octanol–water partition coefficient (Wildman–Crippen LogP) is 4.84. The molecule has 2 aromatic rings. The second-order valence-corrected chi connectivity index (χ2v) is 6.52.